The minimum absolute atomic E-state index is 0.213. The molecule has 0 spiro atoms. The van der Waals surface area contributed by atoms with Crippen molar-refractivity contribution in [1.82, 2.24) is 5.32 Å². The first kappa shape index (κ1) is 34.8. The molecule has 6 rings (SSSR count). The molecular weight excluding hydrogens is 653 g/mol. The molecule has 4 nitrogen and oxygen atoms in total. The zero-order valence-corrected chi connectivity index (χ0v) is 29.4. The van der Waals surface area contributed by atoms with Crippen molar-refractivity contribution in [3.05, 3.63) is 215 Å². The first-order valence-electron chi connectivity index (χ1n) is 16.7. The van der Waals surface area contributed by atoms with Crippen molar-refractivity contribution >= 4 is 35.3 Å². The summed E-state index contributed by atoms with van der Waals surface area (Å²) in [6, 6.07) is 61.2. The van der Waals surface area contributed by atoms with Crippen LogP contribution < -0.4 is 11.1 Å². The van der Waals surface area contributed by atoms with Crippen molar-refractivity contribution < 1.29 is 9.59 Å². The molecule has 1 atom stereocenters. The summed E-state index contributed by atoms with van der Waals surface area (Å²) in [5.74, 6) is 0.0310. The second-order valence-electron chi connectivity index (χ2n) is 12.0. The normalized spacial score (nSPS) is 12.2. The van der Waals surface area contributed by atoms with E-state index >= 15 is 0 Å². The average molecular weight is 693 g/mol. The molecule has 0 aliphatic rings. The number of carbonyl (C=O) groups excluding carboxylic acids is 2. The minimum atomic E-state index is -0.866. The fourth-order valence-corrected chi connectivity index (χ4v) is 9.58. The molecule has 2 amide bonds. The van der Waals surface area contributed by atoms with Gasteiger partial charge < -0.3 is 11.1 Å². The molecule has 0 aliphatic heterocycles. The van der Waals surface area contributed by atoms with E-state index in [1.807, 2.05) is 72.8 Å². The van der Waals surface area contributed by atoms with Crippen LogP contribution in [0.2, 0.25) is 0 Å². The lowest BCUT2D eigenvalue weighted by Gasteiger charge is -2.36. The molecule has 0 saturated carbocycles. The number of carbonyl (C=O) groups is 2. The van der Waals surface area contributed by atoms with Crippen molar-refractivity contribution in [3.8, 4) is 0 Å². The number of nitrogens with two attached hydrogens (primary N) is 1. The molecule has 0 radical (unpaired) electrons. The molecule has 0 aliphatic carbocycles. The lowest BCUT2D eigenvalue weighted by Crippen LogP contribution is -2.47. The summed E-state index contributed by atoms with van der Waals surface area (Å²) >= 11 is 3.33. The Hall–Kier alpha value is -5.04. The molecule has 0 aromatic heterocycles. The van der Waals surface area contributed by atoms with Crippen molar-refractivity contribution in [1.29, 1.82) is 0 Å². The van der Waals surface area contributed by atoms with Crippen LogP contribution in [-0.4, -0.2) is 29.4 Å². The van der Waals surface area contributed by atoms with Gasteiger partial charge in [-0.3, -0.25) is 9.59 Å². The molecule has 0 bridgehead atoms. The smallest absolute Gasteiger partial charge is 0.240 e. The van der Waals surface area contributed by atoms with Gasteiger partial charge in [0.05, 0.1) is 9.49 Å². The Morgan fingerprint density at radius 3 is 1.04 bits per heavy atom. The second-order valence-corrected chi connectivity index (χ2v) is 14.5. The maximum Gasteiger partial charge on any atom is 0.240 e. The van der Waals surface area contributed by atoms with Crippen molar-refractivity contribution in [2.24, 2.45) is 5.73 Å². The fourth-order valence-electron chi connectivity index (χ4n) is 6.50. The van der Waals surface area contributed by atoms with Crippen LogP contribution in [0.25, 0.3) is 0 Å². The zero-order chi connectivity index (χ0) is 34.7. The highest BCUT2D eigenvalue weighted by atomic mass is 32.2. The predicted molar refractivity (Wildman–Crippen MR) is 209 cm³/mol. The Morgan fingerprint density at radius 1 is 0.480 bits per heavy atom. The Labute approximate surface area is 303 Å². The Morgan fingerprint density at radius 2 is 0.760 bits per heavy atom. The fraction of sp³-hybridized carbons (Fsp3) is 0.136. The first-order valence-corrected chi connectivity index (χ1v) is 18.7. The quantitative estimate of drug-likeness (QED) is 0.106. The number of hydrogen-bond acceptors (Lipinski definition) is 4. The third kappa shape index (κ3) is 7.57. The number of nitrogens with one attached hydrogen (secondary N) is 1. The Bertz CT molecular complexity index is 1750. The Balaban J connectivity index is 1.24. The lowest BCUT2D eigenvalue weighted by atomic mass is 9.84. The molecule has 6 heteroatoms. The summed E-state index contributed by atoms with van der Waals surface area (Å²) in [5, 5.41) is 3.00. The highest BCUT2D eigenvalue weighted by molar-refractivity contribution is 8.01. The van der Waals surface area contributed by atoms with Crippen LogP contribution in [0.4, 0.5) is 0 Å². The number of benzene rings is 6. The SMILES string of the molecule is NC(=O)[C@@H](CSC(c1ccccc1)(c1ccccc1)c1ccccc1)NC(=O)CCSC(c1ccccc1)(c1ccccc1)c1ccccc1. The van der Waals surface area contributed by atoms with Gasteiger partial charge in [0.25, 0.3) is 0 Å². The van der Waals surface area contributed by atoms with E-state index in [1.54, 1.807) is 23.5 Å². The monoisotopic (exact) mass is 692 g/mol. The summed E-state index contributed by atoms with van der Waals surface area (Å²) in [7, 11) is 0. The lowest BCUT2D eigenvalue weighted by molar-refractivity contribution is -0.126. The number of rotatable bonds is 15. The van der Waals surface area contributed by atoms with Crippen molar-refractivity contribution in [2.45, 2.75) is 22.0 Å². The number of hydrogen-bond donors (Lipinski definition) is 2. The van der Waals surface area contributed by atoms with Gasteiger partial charge in [-0.25, -0.2) is 0 Å². The second kappa shape index (κ2) is 16.6. The van der Waals surface area contributed by atoms with Gasteiger partial charge in [-0.2, -0.15) is 0 Å². The van der Waals surface area contributed by atoms with Crippen LogP contribution >= 0.6 is 23.5 Å². The summed E-state index contributed by atoms with van der Waals surface area (Å²) in [6.45, 7) is 0. The summed E-state index contributed by atoms with van der Waals surface area (Å²) < 4.78 is -1.18. The van der Waals surface area contributed by atoms with E-state index in [1.165, 1.54) is 0 Å². The van der Waals surface area contributed by atoms with Gasteiger partial charge in [-0.05, 0) is 33.4 Å². The van der Waals surface area contributed by atoms with Gasteiger partial charge in [0.15, 0.2) is 0 Å². The van der Waals surface area contributed by atoms with Gasteiger partial charge in [0.2, 0.25) is 11.8 Å². The van der Waals surface area contributed by atoms with Crippen LogP contribution in [0, 0.1) is 0 Å². The minimum Gasteiger partial charge on any atom is -0.368 e. The molecule has 6 aromatic rings. The topological polar surface area (TPSA) is 72.2 Å². The van der Waals surface area contributed by atoms with Crippen molar-refractivity contribution in [3.63, 3.8) is 0 Å². The van der Waals surface area contributed by atoms with E-state index in [0.717, 1.165) is 33.4 Å². The molecule has 250 valence electrons. The number of primary amides is 1. The molecule has 50 heavy (non-hydrogen) atoms. The van der Waals surface area contributed by atoms with Gasteiger partial charge in [-0.15, -0.1) is 23.5 Å². The number of amides is 2. The maximum absolute atomic E-state index is 13.6. The summed E-state index contributed by atoms with van der Waals surface area (Å²) in [6.07, 6.45) is 0.217. The van der Waals surface area contributed by atoms with Gasteiger partial charge in [0.1, 0.15) is 6.04 Å². The van der Waals surface area contributed by atoms with Crippen molar-refractivity contribution in [2.75, 3.05) is 11.5 Å². The van der Waals surface area contributed by atoms with E-state index in [-0.39, 0.29) is 18.1 Å². The van der Waals surface area contributed by atoms with E-state index in [0.29, 0.717) is 5.75 Å². The Kier molecular flexibility index (Phi) is 11.5. The molecule has 6 aromatic carbocycles. The van der Waals surface area contributed by atoms with E-state index < -0.39 is 21.4 Å². The van der Waals surface area contributed by atoms with Gasteiger partial charge in [-0.1, -0.05) is 182 Å². The predicted octanol–water partition coefficient (Wildman–Crippen LogP) is 8.80. The van der Waals surface area contributed by atoms with Crippen LogP contribution in [0.5, 0.6) is 0 Å². The van der Waals surface area contributed by atoms with Crippen LogP contribution in [0.1, 0.15) is 39.8 Å². The van der Waals surface area contributed by atoms with E-state index in [9.17, 15) is 9.59 Å². The first-order chi connectivity index (χ1) is 24.5. The largest absolute Gasteiger partial charge is 0.368 e. The van der Waals surface area contributed by atoms with E-state index in [2.05, 4.69) is 115 Å². The highest BCUT2D eigenvalue weighted by Crippen LogP contribution is 2.50. The van der Waals surface area contributed by atoms with Crippen LogP contribution in [0.3, 0.4) is 0 Å². The third-order valence-electron chi connectivity index (χ3n) is 8.87. The van der Waals surface area contributed by atoms with Gasteiger partial charge >= 0.3 is 0 Å². The van der Waals surface area contributed by atoms with Crippen LogP contribution in [0.15, 0.2) is 182 Å². The standard InChI is InChI=1S/C44H40N2O2S2/c45-42(48)40(33-50-44(37-25-13-4-14-26-37,38-27-15-5-16-28-38)39-29-17-6-18-30-39)46-41(47)31-32-49-43(34-19-7-1-8-20-34,35-21-9-2-10-22-35)36-23-11-3-12-24-36/h1-30,40H,31-33H2,(H2,45,48)(H,46,47)/t40-/m1/s1. The molecule has 0 unspecified atom stereocenters. The highest BCUT2D eigenvalue weighted by Gasteiger charge is 2.39. The maximum atomic E-state index is 13.6. The molecule has 0 heterocycles. The molecule has 0 fully saturated rings. The average Bonchev–Trinajstić information content (AvgIpc) is 3.18. The summed E-state index contributed by atoms with van der Waals surface area (Å²) in [4.78, 5) is 26.6. The summed E-state index contributed by atoms with van der Waals surface area (Å²) in [5.41, 5.74) is 12.6. The molecule has 0 saturated heterocycles. The van der Waals surface area contributed by atoms with Crippen LogP contribution in [-0.2, 0) is 19.1 Å². The molecular formula is C44H40N2O2S2. The molecule has 3 N–H and O–H groups in total. The third-order valence-corrected chi connectivity index (χ3v) is 12.1. The van der Waals surface area contributed by atoms with E-state index in [4.69, 9.17) is 5.73 Å². The number of thioether (sulfide) groups is 2. The zero-order valence-electron chi connectivity index (χ0n) is 27.7. The van der Waals surface area contributed by atoms with Gasteiger partial charge in [0, 0.05) is 17.9 Å².